The molecule has 138 valence electrons. The summed E-state index contributed by atoms with van der Waals surface area (Å²) in [5.74, 6) is -0.278. The third-order valence-electron chi connectivity index (χ3n) is 4.26. The van der Waals surface area contributed by atoms with E-state index >= 15 is 0 Å². The molecule has 4 nitrogen and oxygen atoms in total. The van der Waals surface area contributed by atoms with Crippen molar-refractivity contribution in [3.05, 3.63) is 65.2 Å². The second-order valence-electron chi connectivity index (χ2n) is 7.71. The predicted molar refractivity (Wildman–Crippen MR) is 106 cm³/mol. The van der Waals surface area contributed by atoms with E-state index in [1.54, 1.807) is 0 Å². The number of amides is 2. The van der Waals surface area contributed by atoms with Crippen LogP contribution in [0.5, 0.6) is 0 Å². The standard InChI is InChI=1S/C22H28N2O2/c1-15-10-12-17(13-11-15)20(23-16(2)25)14-21(26)24-19-9-7-6-8-18(19)22(3,4)5/h6-13,20H,14H2,1-5H3,(H,23,25)(H,24,26). The highest BCUT2D eigenvalue weighted by molar-refractivity contribution is 5.92. The lowest BCUT2D eigenvalue weighted by molar-refractivity contribution is -0.120. The maximum atomic E-state index is 12.7. The van der Waals surface area contributed by atoms with Crippen molar-refractivity contribution in [3.8, 4) is 0 Å². The van der Waals surface area contributed by atoms with Crippen molar-refractivity contribution in [2.75, 3.05) is 5.32 Å². The molecule has 0 radical (unpaired) electrons. The van der Waals surface area contributed by atoms with Gasteiger partial charge in [-0.15, -0.1) is 0 Å². The molecule has 0 aromatic heterocycles. The van der Waals surface area contributed by atoms with E-state index in [2.05, 4.69) is 31.4 Å². The lowest BCUT2D eigenvalue weighted by atomic mass is 9.86. The van der Waals surface area contributed by atoms with Gasteiger partial charge in [-0.1, -0.05) is 68.8 Å². The Morgan fingerprint density at radius 2 is 1.62 bits per heavy atom. The fraction of sp³-hybridized carbons (Fsp3) is 0.364. The molecule has 2 N–H and O–H groups in total. The number of hydrogen-bond donors (Lipinski definition) is 2. The van der Waals surface area contributed by atoms with Crippen molar-refractivity contribution < 1.29 is 9.59 Å². The zero-order valence-corrected chi connectivity index (χ0v) is 16.2. The van der Waals surface area contributed by atoms with Crippen LogP contribution < -0.4 is 10.6 Å². The molecule has 0 bridgehead atoms. The highest BCUT2D eigenvalue weighted by Crippen LogP contribution is 2.29. The van der Waals surface area contributed by atoms with Crippen LogP contribution in [0.2, 0.25) is 0 Å². The van der Waals surface area contributed by atoms with E-state index in [-0.39, 0.29) is 29.7 Å². The van der Waals surface area contributed by atoms with Crippen LogP contribution in [0.1, 0.15) is 56.8 Å². The summed E-state index contributed by atoms with van der Waals surface area (Å²) in [5.41, 5.74) is 3.89. The number of carbonyl (C=O) groups is 2. The minimum absolute atomic E-state index is 0.0716. The van der Waals surface area contributed by atoms with Crippen LogP contribution in [-0.4, -0.2) is 11.8 Å². The van der Waals surface area contributed by atoms with Crippen LogP contribution in [0.3, 0.4) is 0 Å². The second-order valence-corrected chi connectivity index (χ2v) is 7.71. The Balaban J connectivity index is 2.18. The number of hydrogen-bond acceptors (Lipinski definition) is 2. The van der Waals surface area contributed by atoms with Gasteiger partial charge in [0.1, 0.15) is 0 Å². The fourth-order valence-corrected chi connectivity index (χ4v) is 2.93. The van der Waals surface area contributed by atoms with Crippen molar-refractivity contribution in [1.29, 1.82) is 0 Å². The molecule has 0 aliphatic rings. The minimum atomic E-state index is -0.352. The third kappa shape index (κ3) is 5.45. The van der Waals surface area contributed by atoms with Crippen LogP contribution in [-0.2, 0) is 15.0 Å². The monoisotopic (exact) mass is 352 g/mol. The van der Waals surface area contributed by atoms with Gasteiger partial charge in [-0.3, -0.25) is 9.59 Å². The predicted octanol–water partition coefficient (Wildman–Crippen LogP) is 4.50. The SMILES string of the molecule is CC(=O)NC(CC(=O)Nc1ccccc1C(C)(C)C)c1ccc(C)cc1. The molecular formula is C22H28N2O2. The Kier molecular flexibility index (Phi) is 6.19. The first-order valence-corrected chi connectivity index (χ1v) is 8.90. The molecule has 4 heteroatoms. The Labute approximate surface area is 156 Å². The number of para-hydroxylation sites is 1. The normalized spacial score (nSPS) is 12.3. The van der Waals surface area contributed by atoms with Gasteiger partial charge in [0.25, 0.3) is 0 Å². The van der Waals surface area contributed by atoms with Gasteiger partial charge in [0, 0.05) is 12.6 Å². The number of nitrogens with one attached hydrogen (secondary N) is 2. The Morgan fingerprint density at radius 1 is 1.00 bits per heavy atom. The molecule has 26 heavy (non-hydrogen) atoms. The zero-order valence-electron chi connectivity index (χ0n) is 16.2. The van der Waals surface area contributed by atoms with Crippen molar-refractivity contribution in [2.24, 2.45) is 0 Å². The minimum Gasteiger partial charge on any atom is -0.349 e. The lowest BCUT2D eigenvalue weighted by Gasteiger charge is -2.24. The highest BCUT2D eigenvalue weighted by Gasteiger charge is 2.21. The van der Waals surface area contributed by atoms with Crippen molar-refractivity contribution in [2.45, 2.75) is 52.5 Å². The van der Waals surface area contributed by atoms with Gasteiger partial charge in [-0.25, -0.2) is 0 Å². The van der Waals surface area contributed by atoms with Gasteiger partial charge in [0.15, 0.2) is 0 Å². The van der Waals surface area contributed by atoms with E-state index < -0.39 is 0 Å². The number of carbonyl (C=O) groups excluding carboxylic acids is 2. The summed E-state index contributed by atoms with van der Waals surface area (Å²) in [4.78, 5) is 24.2. The molecule has 0 saturated carbocycles. The van der Waals surface area contributed by atoms with Gasteiger partial charge in [-0.2, -0.15) is 0 Å². The molecule has 0 aliphatic heterocycles. The fourth-order valence-electron chi connectivity index (χ4n) is 2.93. The lowest BCUT2D eigenvalue weighted by Crippen LogP contribution is -2.30. The summed E-state index contributed by atoms with van der Waals surface area (Å²) in [6.07, 6.45) is 0.182. The summed E-state index contributed by atoms with van der Waals surface area (Å²) in [7, 11) is 0. The summed E-state index contributed by atoms with van der Waals surface area (Å²) < 4.78 is 0. The van der Waals surface area contributed by atoms with Gasteiger partial charge < -0.3 is 10.6 Å². The molecule has 0 spiro atoms. The van der Waals surface area contributed by atoms with E-state index in [0.717, 1.165) is 22.4 Å². The topological polar surface area (TPSA) is 58.2 Å². The van der Waals surface area contributed by atoms with Gasteiger partial charge >= 0.3 is 0 Å². The largest absolute Gasteiger partial charge is 0.349 e. The Bertz CT molecular complexity index is 773. The molecule has 1 unspecified atom stereocenters. The van der Waals surface area contributed by atoms with Crippen molar-refractivity contribution >= 4 is 17.5 Å². The van der Waals surface area contributed by atoms with Crippen LogP contribution in [0, 0.1) is 6.92 Å². The van der Waals surface area contributed by atoms with Crippen LogP contribution >= 0.6 is 0 Å². The summed E-state index contributed by atoms with van der Waals surface area (Å²) in [6.45, 7) is 9.82. The van der Waals surface area contributed by atoms with Crippen LogP contribution in [0.4, 0.5) is 5.69 Å². The molecule has 0 fully saturated rings. The Hall–Kier alpha value is -2.62. The van der Waals surface area contributed by atoms with Gasteiger partial charge in [0.2, 0.25) is 11.8 Å². The van der Waals surface area contributed by atoms with E-state index in [0.29, 0.717) is 0 Å². The molecule has 2 aromatic carbocycles. The second kappa shape index (κ2) is 8.17. The zero-order chi connectivity index (χ0) is 19.3. The van der Waals surface area contributed by atoms with E-state index in [1.807, 2.05) is 55.5 Å². The molecule has 2 amide bonds. The first kappa shape index (κ1) is 19.7. The van der Waals surface area contributed by atoms with Crippen molar-refractivity contribution in [1.82, 2.24) is 5.32 Å². The van der Waals surface area contributed by atoms with E-state index in [1.165, 1.54) is 6.92 Å². The highest BCUT2D eigenvalue weighted by atomic mass is 16.2. The molecular weight excluding hydrogens is 324 g/mol. The number of aryl methyl sites for hydroxylation is 1. The van der Waals surface area contributed by atoms with Gasteiger partial charge in [0.05, 0.1) is 12.5 Å². The third-order valence-corrected chi connectivity index (χ3v) is 4.26. The molecule has 1 atom stereocenters. The van der Waals surface area contributed by atoms with Crippen LogP contribution in [0.25, 0.3) is 0 Å². The Morgan fingerprint density at radius 3 is 2.19 bits per heavy atom. The summed E-state index contributed by atoms with van der Waals surface area (Å²) >= 11 is 0. The van der Waals surface area contributed by atoms with Crippen molar-refractivity contribution in [3.63, 3.8) is 0 Å². The molecule has 0 aliphatic carbocycles. The van der Waals surface area contributed by atoms with E-state index in [4.69, 9.17) is 0 Å². The number of anilines is 1. The maximum absolute atomic E-state index is 12.7. The average molecular weight is 352 g/mol. The maximum Gasteiger partial charge on any atom is 0.226 e. The average Bonchev–Trinajstić information content (AvgIpc) is 2.54. The van der Waals surface area contributed by atoms with Gasteiger partial charge in [-0.05, 0) is 29.5 Å². The smallest absolute Gasteiger partial charge is 0.226 e. The molecule has 0 saturated heterocycles. The molecule has 2 rings (SSSR count). The first-order chi connectivity index (χ1) is 12.2. The number of benzene rings is 2. The first-order valence-electron chi connectivity index (χ1n) is 8.90. The molecule has 2 aromatic rings. The molecule has 0 heterocycles. The van der Waals surface area contributed by atoms with E-state index in [9.17, 15) is 9.59 Å². The number of rotatable bonds is 5. The quantitative estimate of drug-likeness (QED) is 0.832. The summed E-state index contributed by atoms with van der Waals surface area (Å²) in [6, 6.07) is 15.3. The summed E-state index contributed by atoms with van der Waals surface area (Å²) in [5, 5.41) is 5.89. The van der Waals surface area contributed by atoms with Crippen LogP contribution in [0.15, 0.2) is 48.5 Å².